The van der Waals surface area contributed by atoms with E-state index in [1.54, 1.807) is 6.92 Å². The van der Waals surface area contributed by atoms with E-state index in [1.165, 1.54) is 41.6 Å². The van der Waals surface area contributed by atoms with Crippen molar-refractivity contribution in [1.29, 1.82) is 0 Å². The molecule has 144 valence electrons. The fraction of sp³-hybridized carbons (Fsp3) is 0.389. The van der Waals surface area contributed by atoms with Gasteiger partial charge in [0.2, 0.25) is 16.0 Å². The van der Waals surface area contributed by atoms with E-state index in [0.29, 0.717) is 43.1 Å². The summed E-state index contributed by atoms with van der Waals surface area (Å²) < 4.78 is 27.0. The van der Waals surface area contributed by atoms with Crippen molar-refractivity contribution in [3.05, 3.63) is 51.9 Å². The van der Waals surface area contributed by atoms with Crippen LogP contribution in [0.2, 0.25) is 0 Å². The van der Waals surface area contributed by atoms with Crippen molar-refractivity contribution in [2.24, 2.45) is 0 Å². The maximum absolute atomic E-state index is 12.8. The normalized spacial score (nSPS) is 16.2. The minimum absolute atomic E-state index is 0.0292. The summed E-state index contributed by atoms with van der Waals surface area (Å²) in [4.78, 5) is 29.9. The maximum atomic E-state index is 12.8. The van der Waals surface area contributed by atoms with Gasteiger partial charge in [-0.1, -0.05) is 12.1 Å². The minimum atomic E-state index is -3.59. The third-order valence-corrected chi connectivity index (χ3v) is 6.48. The Labute approximate surface area is 157 Å². The molecule has 0 amide bonds. The predicted molar refractivity (Wildman–Crippen MR) is 101 cm³/mol. The number of carbonyl (C=O) groups excluding carboxylic acids is 1. The lowest BCUT2D eigenvalue weighted by atomic mass is 10.1. The number of aryl methyl sites for hydroxylation is 1. The zero-order valence-corrected chi connectivity index (χ0v) is 16.0. The first-order valence-corrected chi connectivity index (χ1v) is 10.2. The van der Waals surface area contributed by atoms with Gasteiger partial charge in [0.25, 0.3) is 5.56 Å². The van der Waals surface area contributed by atoms with E-state index in [9.17, 15) is 18.0 Å². The number of hydrogen-bond donors (Lipinski definition) is 2. The molecule has 0 radical (unpaired) electrons. The fourth-order valence-corrected chi connectivity index (χ4v) is 4.56. The summed E-state index contributed by atoms with van der Waals surface area (Å²) in [5.41, 5.74) is 0.880. The molecular formula is C18H22N4O4S. The van der Waals surface area contributed by atoms with Crippen LogP contribution in [-0.4, -0.2) is 47.6 Å². The highest BCUT2D eigenvalue weighted by atomic mass is 32.2. The Morgan fingerprint density at radius 2 is 1.85 bits per heavy atom. The Morgan fingerprint density at radius 3 is 2.41 bits per heavy atom. The molecule has 0 spiro atoms. The number of ketones is 1. The highest BCUT2D eigenvalue weighted by molar-refractivity contribution is 7.89. The molecule has 0 saturated carbocycles. The number of nitrogens with one attached hydrogen (secondary N) is 2. The summed E-state index contributed by atoms with van der Waals surface area (Å²) in [5, 5.41) is 3.17. The van der Waals surface area contributed by atoms with Crippen LogP contribution in [-0.2, 0) is 10.0 Å². The predicted octanol–water partition coefficient (Wildman–Crippen LogP) is 1.55. The molecule has 0 aliphatic carbocycles. The van der Waals surface area contributed by atoms with E-state index in [4.69, 9.17) is 0 Å². The second-order valence-electron chi connectivity index (χ2n) is 6.64. The van der Waals surface area contributed by atoms with E-state index in [-0.39, 0.29) is 22.3 Å². The molecule has 0 bridgehead atoms. The Kier molecular flexibility index (Phi) is 5.43. The maximum Gasteiger partial charge on any atom is 0.252 e. The van der Waals surface area contributed by atoms with E-state index in [0.717, 1.165) is 0 Å². The van der Waals surface area contributed by atoms with Gasteiger partial charge in [-0.05, 0) is 38.8 Å². The molecule has 1 saturated heterocycles. The number of anilines is 1. The third-order valence-electron chi connectivity index (χ3n) is 4.56. The van der Waals surface area contributed by atoms with Gasteiger partial charge in [0.1, 0.15) is 0 Å². The summed E-state index contributed by atoms with van der Waals surface area (Å²) in [5.74, 6) is 0.301. The minimum Gasteiger partial charge on any atom is -0.353 e. The van der Waals surface area contributed by atoms with Gasteiger partial charge in [-0.2, -0.15) is 4.31 Å². The number of rotatable bonds is 5. The number of piperidine rings is 1. The molecule has 1 aromatic carbocycles. The number of benzene rings is 1. The Bertz CT molecular complexity index is 991. The van der Waals surface area contributed by atoms with Crippen LogP contribution >= 0.6 is 0 Å². The van der Waals surface area contributed by atoms with Crippen LogP contribution < -0.4 is 10.9 Å². The van der Waals surface area contributed by atoms with Crippen LogP contribution in [0.4, 0.5) is 5.95 Å². The summed E-state index contributed by atoms with van der Waals surface area (Å²) in [7, 11) is -3.59. The molecule has 2 heterocycles. The molecule has 3 rings (SSSR count). The summed E-state index contributed by atoms with van der Waals surface area (Å²) >= 11 is 0. The molecule has 1 aliphatic rings. The molecule has 9 heteroatoms. The van der Waals surface area contributed by atoms with Crippen LogP contribution in [0.25, 0.3) is 0 Å². The Hall–Kier alpha value is -2.52. The average molecular weight is 390 g/mol. The van der Waals surface area contributed by atoms with Crippen LogP contribution in [0.15, 0.2) is 40.0 Å². The summed E-state index contributed by atoms with van der Waals surface area (Å²) in [6.07, 6.45) is 1.20. The zero-order chi connectivity index (χ0) is 19.6. The van der Waals surface area contributed by atoms with Crippen LogP contribution in [0.3, 0.4) is 0 Å². The molecule has 0 atom stereocenters. The van der Waals surface area contributed by atoms with Crippen molar-refractivity contribution < 1.29 is 13.2 Å². The number of hydrogen-bond acceptors (Lipinski definition) is 6. The van der Waals surface area contributed by atoms with Gasteiger partial charge in [-0.15, -0.1) is 0 Å². The fourth-order valence-electron chi connectivity index (χ4n) is 3.09. The number of aromatic amines is 1. The van der Waals surface area contributed by atoms with Gasteiger partial charge >= 0.3 is 0 Å². The quantitative estimate of drug-likeness (QED) is 0.749. The van der Waals surface area contributed by atoms with Crippen LogP contribution in [0.1, 0.15) is 35.8 Å². The number of carbonyl (C=O) groups is 1. The number of aromatic nitrogens is 2. The Balaban J connectivity index is 1.65. The zero-order valence-electron chi connectivity index (χ0n) is 15.2. The second-order valence-corrected chi connectivity index (χ2v) is 8.58. The van der Waals surface area contributed by atoms with E-state index >= 15 is 0 Å². The lowest BCUT2D eigenvalue weighted by molar-refractivity contribution is 0.101. The van der Waals surface area contributed by atoms with Crippen molar-refractivity contribution in [3.63, 3.8) is 0 Å². The molecule has 1 fully saturated rings. The number of Topliss-reactive ketones (excluding diaryl/α,β-unsaturated/α-hetero) is 1. The largest absolute Gasteiger partial charge is 0.353 e. The van der Waals surface area contributed by atoms with Crippen LogP contribution in [0, 0.1) is 6.92 Å². The van der Waals surface area contributed by atoms with Crippen molar-refractivity contribution in [2.75, 3.05) is 18.4 Å². The van der Waals surface area contributed by atoms with Crippen LogP contribution in [0.5, 0.6) is 0 Å². The molecule has 2 aromatic rings. The lowest BCUT2D eigenvalue weighted by Crippen LogP contribution is -2.42. The molecular weight excluding hydrogens is 368 g/mol. The average Bonchev–Trinajstić information content (AvgIpc) is 2.61. The monoisotopic (exact) mass is 390 g/mol. The van der Waals surface area contributed by atoms with Gasteiger partial charge in [0.15, 0.2) is 5.78 Å². The highest BCUT2D eigenvalue weighted by Crippen LogP contribution is 2.22. The smallest absolute Gasteiger partial charge is 0.252 e. The van der Waals surface area contributed by atoms with Gasteiger partial charge in [0.05, 0.1) is 4.90 Å². The molecule has 1 aliphatic heterocycles. The Morgan fingerprint density at radius 1 is 1.22 bits per heavy atom. The molecule has 8 nitrogen and oxygen atoms in total. The number of sulfonamides is 1. The van der Waals surface area contributed by atoms with E-state index < -0.39 is 10.0 Å². The first-order valence-electron chi connectivity index (χ1n) is 8.71. The van der Waals surface area contributed by atoms with Gasteiger partial charge in [-0.25, -0.2) is 13.4 Å². The first kappa shape index (κ1) is 19.2. The molecule has 27 heavy (non-hydrogen) atoms. The molecule has 2 N–H and O–H groups in total. The van der Waals surface area contributed by atoms with E-state index in [1.807, 2.05) is 0 Å². The topological polar surface area (TPSA) is 112 Å². The highest BCUT2D eigenvalue weighted by Gasteiger charge is 2.29. The van der Waals surface area contributed by atoms with Crippen molar-refractivity contribution >= 4 is 21.8 Å². The third kappa shape index (κ3) is 4.42. The van der Waals surface area contributed by atoms with Crippen molar-refractivity contribution in [2.45, 2.75) is 37.6 Å². The summed E-state index contributed by atoms with van der Waals surface area (Å²) in [6, 6.07) is 7.45. The number of H-pyrrole nitrogens is 1. The van der Waals surface area contributed by atoms with Gasteiger partial charge in [0, 0.05) is 36.5 Å². The SMILES string of the molecule is CC(=O)c1ccc(S(=O)(=O)N2CCC(Nc3nc(C)cc(=O)[nH]3)CC2)cc1. The first-order chi connectivity index (χ1) is 12.8. The number of nitrogens with zero attached hydrogens (tertiary/aromatic N) is 2. The van der Waals surface area contributed by atoms with E-state index in [2.05, 4.69) is 15.3 Å². The van der Waals surface area contributed by atoms with Crippen molar-refractivity contribution in [3.8, 4) is 0 Å². The lowest BCUT2D eigenvalue weighted by Gasteiger charge is -2.31. The molecule has 0 unspecified atom stereocenters. The van der Waals surface area contributed by atoms with Gasteiger partial charge in [-0.3, -0.25) is 14.6 Å². The second kappa shape index (κ2) is 7.61. The van der Waals surface area contributed by atoms with Crippen molar-refractivity contribution in [1.82, 2.24) is 14.3 Å². The summed E-state index contributed by atoms with van der Waals surface area (Å²) in [6.45, 7) is 3.92. The van der Waals surface area contributed by atoms with Gasteiger partial charge < -0.3 is 5.32 Å². The molecule has 1 aromatic heterocycles. The standard InChI is InChI=1S/C18H22N4O4S/c1-12-11-17(24)21-18(19-12)20-15-7-9-22(10-8-15)27(25,26)16-5-3-14(4-6-16)13(2)23/h3-6,11,15H,7-10H2,1-2H3,(H2,19,20,21,24).